The Hall–Kier alpha value is -1.43. The Bertz CT molecular complexity index is 438. The molecule has 1 heterocycles. The number of carbonyl (C=O) groups is 1. The summed E-state index contributed by atoms with van der Waals surface area (Å²) < 4.78 is 5.59. The lowest BCUT2D eigenvalue weighted by Gasteiger charge is -2.32. The molecule has 5 nitrogen and oxygen atoms in total. The highest BCUT2D eigenvalue weighted by Gasteiger charge is 2.26. The molecule has 1 aliphatic heterocycles. The van der Waals surface area contributed by atoms with E-state index < -0.39 is 0 Å². The highest BCUT2D eigenvalue weighted by molar-refractivity contribution is 5.81. The van der Waals surface area contributed by atoms with Crippen LogP contribution in [0.2, 0.25) is 0 Å². The van der Waals surface area contributed by atoms with Gasteiger partial charge in [-0.15, -0.1) is 0 Å². The molecule has 0 bridgehead atoms. The van der Waals surface area contributed by atoms with Crippen molar-refractivity contribution >= 4 is 5.91 Å². The Morgan fingerprint density at radius 1 is 1.48 bits per heavy atom. The van der Waals surface area contributed by atoms with Gasteiger partial charge in [0.1, 0.15) is 6.10 Å². The van der Waals surface area contributed by atoms with Gasteiger partial charge in [0.25, 0.3) is 0 Å². The Morgan fingerprint density at radius 2 is 2.24 bits per heavy atom. The zero-order valence-electron chi connectivity index (χ0n) is 12.6. The van der Waals surface area contributed by atoms with Crippen LogP contribution in [0.4, 0.5) is 0 Å². The van der Waals surface area contributed by atoms with E-state index in [1.807, 2.05) is 25.1 Å². The fourth-order valence-corrected chi connectivity index (χ4v) is 2.32. The molecule has 0 radical (unpaired) electrons. The first kappa shape index (κ1) is 15.9. The molecule has 3 N–H and O–H groups in total. The van der Waals surface area contributed by atoms with Gasteiger partial charge in [0.15, 0.2) is 0 Å². The fourth-order valence-electron chi connectivity index (χ4n) is 2.32. The first-order chi connectivity index (χ1) is 10.2. The molecule has 0 aliphatic carbocycles. The third-order valence-corrected chi connectivity index (χ3v) is 3.72. The van der Waals surface area contributed by atoms with Gasteiger partial charge in [0, 0.05) is 26.2 Å². The maximum Gasteiger partial charge on any atom is 0.250 e. The minimum atomic E-state index is -0.382. The van der Waals surface area contributed by atoms with Gasteiger partial charge in [0.2, 0.25) is 5.91 Å². The van der Waals surface area contributed by atoms with E-state index in [0.29, 0.717) is 26.2 Å². The number of nitrogens with zero attached hydrogens (tertiary/aromatic N) is 1. The van der Waals surface area contributed by atoms with E-state index in [1.54, 1.807) is 0 Å². The molecule has 21 heavy (non-hydrogen) atoms. The number of nitrogens with two attached hydrogens (primary N) is 1. The van der Waals surface area contributed by atoms with Crippen LogP contribution in [-0.2, 0) is 16.1 Å². The van der Waals surface area contributed by atoms with Crippen molar-refractivity contribution in [3.8, 4) is 0 Å². The van der Waals surface area contributed by atoms with Gasteiger partial charge in [-0.3, -0.25) is 9.69 Å². The van der Waals surface area contributed by atoms with Crippen molar-refractivity contribution in [1.29, 1.82) is 0 Å². The normalized spacial score (nSPS) is 21.0. The number of benzene rings is 1. The number of carbonyl (C=O) groups excluding carboxylic acids is 1. The topological polar surface area (TPSA) is 67.6 Å². The van der Waals surface area contributed by atoms with E-state index in [0.717, 1.165) is 13.1 Å². The first-order valence-electron chi connectivity index (χ1n) is 7.54. The van der Waals surface area contributed by atoms with Crippen molar-refractivity contribution in [3.63, 3.8) is 0 Å². The van der Waals surface area contributed by atoms with Crippen LogP contribution in [0.5, 0.6) is 0 Å². The van der Waals surface area contributed by atoms with Crippen LogP contribution < -0.4 is 11.1 Å². The smallest absolute Gasteiger partial charge is 0.250 e. The van der Waals surface area contributed by atoms with E-state index >= 15 is 0 Å². The molecule has 2 unspecified atom stereocenters. The molecule has 1 saturated heterocycles. The largest absolute Gasteiger partial charge is 0.366 e. The minimum Gasteiger partial charge on any atom is -0.366 e. The zero-order chi connectivity index (χ0) is 15.1. The van der Waals surface area contributed by atoms with Gasteiger partial charge >= 0.3 is 0 Å². The maximum absolute atomic E-state index is 12.1. The zero-order valence-corrected chi connectivity index (χ0v) is 12.6. The predicted molar refractivity (Wildman–Crippen MR) is 82.7 cm³/mol. The minimum absolute atomic E-state index is 0.0342. The van der Waals surface area contributed by atoms with Crippen LogP contribution in [0, 0.1) is 5.92 Å². The van der Waals surface area contributed by atoms with Crippen LogP contribution in [0.15, 0.2) is 30.3 Å². The number of ether oxygens (including phenoxy) is 1. The Morgan fingerprint density at radius 3 is 2.95 bits per heavy atom. The average molecular weight is 291 g/mol. The van der Waals surface area contributed by atoms with E-state index in [2.05, 4.69) is 22.3 Å². The van der Waals surface area contributed by atoms with Crippen molar-refractivity contribution in [2.45, 2.75) is 19.6 Å². The second kappa shape index (κ2) is 8.12. The third-order valence-electron chi connectivity index (χ3n) is 3.72. The summed E-state index contributed by atoms with van der Waals surface area (Å²) in [6.45, 7) is 6.14. The lowest BCUT2D eigenvalue weighted by atomic mass is 10.1. The average Bonchev–Trinajstić information content (AvgIpc) is 2.53. The first-order valence-corrected chi connectivity index (χ1v) is 7.54. The van der Waals surface area contributed by atoms with Crippen molar-refractivity contribution in [3.05, 3.63) is 35.9 Å². The molecule has 2 rings (SSSR count). The maximum atomic E-state index is 12.1. The number of hydrogen-bond acceptors (Lipinski definition) is 4. The number of nitrogens with one attached hydrogen (secondary N) is 1. The van der Waals surface area contributed by atoms with Crippen LogP contribution >= 0.6 is 0 Å². The fraction of sp³-hybridized carbons (Fsp3) is 0.562. The summed E-state index contributed by atoms with van der Waals surface area (Å²) >= 11 is 0. The van der Waals surface area contributed by atoms with Crippen LogP contribution in [-0.4, -0.2) is 49.7 Å². The molecular weight excluding hydrogens is 266 g/mol. The highest BCUT2D eigenvalue weighted by Crippen LogP contribution is 2.10. The van der Waals surface area contributed by atoms with Gasteiger partial charge in [-0.2, -0.15) is 0 Å². The summed E-state index contributed by atoms with van der Waals surface area (Å²) in [5.74, 6) is 0.256. The van der Waals surface area contributed by atoms with Gasteiger partial charge in [0.05, 0.1) is 6.61 Å². The molecule has 0 aromatic heterocycles. The van der Waals surface area contributed by atoms with Crippen molar-refractivity contribution in [1.82, 2.24) is 10.2 Å². The number of amides is 1. The molecule has 5 heteroatoms. The van der Waals surface area contributed by atoms with E-state index in [-0.39, 0.29) is 17.9 Å². The summed E-state index contributed by atoms with van der Waals surface area (Å²) in [5.41, 5.74) is 6.81. The lowest BCUT2D eigenvalue weighted by molar-refractivity contribution is -0.138. The third kappa shape index (κ3) is 5.12. The Balaban J connectivity index is 1.81. The van der Waals surface area contributed by atoms with E-state index in [1.165, 1.54) is 5.56 Å². The molecule has 1 amide bonds. The highest BCUT2D eigenvalue weighted by atomic mass is 16.5. The van der Waals surface area contributed by atoms with Crippen LogP contribution in [0.25, 0.3) is 0 Å². The Labute approximate surface area is 126 Å². The predicted octanol–water partition coefficient (Wildman–Crippen LogP) is 0.598. The van der Waals surface area contributed by atoms with Crippen molar-refractivity contribution < 1.29 is 9.53 Å². The molecule has 0 saturated carbocycles. The number of hydrogen-bond donors (Lipinski definition) is 2. The summed E-state index contributed by atoms with van der Waals surface area (Å²) in [4.78, 5) is 14.4. The quantitative estimate of drug-likeness (QED) is 0.805. The second-order valence-corrected chi connectivity index (χ2v) is 5.67. The van der Waals surface area contributed by atoms with Crippen LogP contribution in [0.1, 0.15) is 12.5 Å². The van der Waals surface area contributed by atoms with Crippen molar-refractivity contribution in [2.75, 3.05) is 32.8 Å². The summed E-state index contributed by atoms with van der Waals surface area (Å²) in [5, 5.41) is 2.92. The summed E-state index contributed by atoms with van der Waals surface area (Å²) in [6, 6.07) is 10.3. The molecule has 2 atom stereocenters. The molecular formula is C16H25N3O2. The van der Waals surface area contributed by atoms with Gasteiger partial charge in [-0.1, -0.05) is 37.3 Å². The molecule has 1 fully saturated rings. The van der Waals surface area contributed by atoms with Crippen molar-refractivity contribution in [2.24, 2.45) is 11.7 Å². The monoisotopic (exact) mass is 291 g/mol. The summed E-state index contributed by atoms with van der Waals surface area (Å²) in [7, 11) is 0. The SMILES string of the molecule is CC(CN)CNC(=O)C1CN(Cc2ccccc2)CCO1. The van der Waals surface area contributed by atoms with E-state index in [4.69, 9.17) is 10.5 Å². The van der Waals surface area contributed by atoms with Crippen LogP contribution in [0.3, 0.4) is 0 Å². The second-order valence-electron chi connectivity index (χ2n) is 5.67. The van der Waals surface area contributed by atoms with Gasteiger partial charge in [-0.25, -0.2) is 0 Å². The molecule has 116 valence electrons. The molecule has 1 aromatic carbocycles. The number of rotatable bonds is 6. The van der Waals surface area contributed by atoms with E-state index in [9.17, 15) is 4.79 Å². The Kier molecular flexibility index (Phi) is 6.17. The number of morpholine rings is 1. The molecule has 0 spiro atoms. The molecule has 1 aliphatic rings. The molecule has 1 aromatic rings. The standard InChI is InChI=1S/C16H25N3O2/c1-13(9-17)10-18-16(20)15-12-19(7-8-21-15)11-14-5-3-2-4-6-14/h2-6,13,15H,7-12,17H2,1H3,(H,18,20). The lowest BCUT2D eigenvalue weighted by Crippen LogP contribution is -2.50. The van der Waals surface area contributed by atoms with Gasteiger partial charge in [-0.05, 0) is 18.0 Å². The summed E-state index contributed by atoms with van der Waals surface area (Å²) in [6.07, 6.45) is -0.382. The van der Waals surface area contributed by atoms with Gasteiger partial charge < -0.3 is 15.8 Å².